The number of nitrogens with zero attached hydrogens (tertiary/aromatic N) is 4. The summed E-state index contributed by atoms with van der Waals surface area (Å²) in [5.74, 6) is 0.418. The van der Waals surface area contributed by atoms with E-state index in [1.807, 2.05) is 48.0 Å². The van der Waals surface area contributed by atoms with Crippen LogP contribution in [0.4, 0.5) is 11.4 Å². The van der Waals surface area contributed by atoms with E-state index in [2.05, 4.69) is 15.4 Å². The van der Waals surface area contributed by atoms with Gasteiger partial charge in [-0.15, -0.1) is 0 Å². The average molecular weight is 349 g/mol. The van der Waals surface area contributed by atoms with Gasteiger partial charge in [-0.05, 0) is 31.2 Å². The van der Waals surface area contributed by atoms with Gasteiger partial charge in [-0.1, -0.05) is 12.1 Å². The van der Waals surface area contributed by atoms with Gasteiger partial charge in [0.2, 0.25) is 5.88 Å². The number of pyridine rings is 1. The number of hydrogen-bond acceptors (Lipinski definition) is 5. The number of rotatable bonds is 4. The number of hydrogen-bond donors (Lipinski definition) is 1. The average Bonchev–Trinajstić information content (AvgIpc) is 3.17. The summed E-state index contributed by atoms with van der Waals surface area (Å²) in [6.45, 7) is 2.74. The third kappa shape index (κ3) is 2.57. The lowest BCUT2D eigenvalue weighted by molar-refractivity contribution is 0.0973. The quantitative estimate of drug-likeness (QED) is 0.784. The van der Waals surface area contributed by atoms with Gasteiger partial charge in [-0.3, -0.25) is 14.4 Å². The van der Waals surface area contributed by atoms with Crippen molar-refractivity contribution in [2.75, 3.05) is 17.3 Å². The molecule has 3 aromatic rings. The number of ether oxygens (including phenoxy) is 1. The Morgan fingerprint density at radius 2 is 2.04 bits per heavy atom. The van der Waals surface area contributed by atoms with E-state index >= 15 is 0 Å². The first-order chi connectivity index (χ1) is 12.7. The van der Waals surface area contributed by atoms with Gasteiger partial charge in [0, 0.05) is 24.5 Å². The minimum Gasteiger partial charge on any atom is -0.481 e. The fourth-order valence-electron chi connectivity index (χ4n) is 3.20. The Morgan fingerprint density at radius 1 is 1.19 bits per heavy atom. The molecular formula is C19H19N5O2. The SMILES string of the molecule is CCn1nccc1[C@H]1Nc2ccccc2C(=O)N1c1ccc(OC)nc1. The summed E-state index contributed by atoms with van der Waals surface area (Å²) < 4.78 is 7.01. The highest BCUT2D eigenvalue weighted by Gasteiger charge is 2.35. The Bertz CT molecular complexity index is 935. The Kier molecular flexibility index (Phi) is 4.04. The number of aryl methyl sites for hydroxylation is 1. The molecule has 0 bridgehead atoms. The maximum absolute atomic E-state index is 13.3. The monoisotopic (exact) mass is 349 g/mol. The molecule has 132 valence electrons. The van der Waals surface area contributed by atoms with Crippen LogP contribution in [0.25, 0.3) is 0 Å². The second-order valence-corrected chi connectivity index (χ2v) is 5.90. The van der Waals surface area contributed by atoms with E-state index in [0.29, 0.717) is 23.7 Å². The van der Waals surface area contributed by atoms with Crippen LogP contribution in [0.5, 0.6) is 5.88 Å². The molecule has 1 aliphatic rings. The fraction of sp³-hybridized carbons (Fsp3) is 0.211. The highest BCUT2D eigenvalue weighted by atomic mass is 16.5. The Balaban J connectivity index is 1.84. The molecular weight excluding hydrogens is 330 g/mol. The molecule has 0 aliphatic carbocycles. The molecule has 26 heavy (non-hydrogen) atoms. The molecule has 4 rings (SSSR count). The number of carbonyl (C=O) groups excluding carboxylic acids is 1. The second-order valence-electron chi connectivity index (χ2n) is 5.90. The summed E-state index contributed by atoms with van der Waals surface area (Å²) in [7, 11) is 1.56. The van der Waals surface area contributed by atoms with Crippen molar-refractivity contribution in [3.8, 4) is 5.88 Å². The van der Waals surface area contributed by atoms with Gasteiger partial charge in [0.25, 0.3) is 5.91 Å². The van der Waals surface area contributed by atoms with Crippen molar-refractivity contribution in [3.63, 3.8) is 0 Å². The normalized spacial score (nSPS) is 16.2. The van der Waals surface area contributed by atoms with Crippen LogP contribution < -0.4 is 15.0 Å². The van der Waals surface area contributed by atoms with Gasteiger partial charge in [0.05, 0.1) is 30.3 Å². The number of anilines is 2. The number of nitrogens with one attached hydrogen (secondary N) is 1. The number of amides is 1. The van der Waals surface area contributed by atoms with Gasteiger partial charge < -0.3 is 10.1 Å². The van der Waals surface area contributed by atoms with Crippen molar-refractivity contribution in [3.05, 3.63) is 66.1 Å². The number of methoxy groups -OCH3 is 1. The zero-order valence-electron chi connectivity index (χ0n) is 14.6. The smallest absolute Gasteiger partial charge is 0.262 e. The van der Waals surface area contributed by atoms with Gasteiger partial charge in [-0.25, -0.2) is 4.98 Å². The molecule has 7 nitrogen and oxygen atoms in total. The number of carbonyl (C=O) groups is 1. The zero-order chi connectivity index (χ0) is 18.1. The first-order valence-electron chi connectivity index (χ1n) is 8.43. The molecule has 7 heteroatoms. The summed E-state index contributed by atoms with van der Waals surface area (Å²) in [6.07, 6.45) is 3.01. The first-order valence-corrected chi connectivity index (χ1v) is 8.43. The molecule has 0 radical (unpaired) electrons. The van der Waals surface area contributed by atoms with E-state index in [1.165, 1.54) is 0 Å². The van der Waals surface area contributed by atoms with Crippen LogP contribution in [0.15, 0.2) is 54.9 Å². The third-order valence-electron chi connectivity index (χ3n) is 4.46. The zero-order valence-corrected chi connectivity index (χ0v) is 14.6. The molecule has 0 saturated heterocycles. The van der Waals surface area contributed by atoms with Gasteiger partial charge in [0.1, 0.15) is 6.17 Å². The van der Waals surface area contributed by atoms with E-state index in [9.17, 15) is 4.79 Å². The van der Waals surface area contributed by atoms with Crippen molar-refractivity contribution in [2.45, 2.75) is 19.6 Å². The summed E-state index contributed by atoms with van der Waals surface area (Å²) in [5, 5.41) is 7.82. The molecule has 0 fully saturated rings. The molecule has 1 aliphatic heterocycles. The van der Waals surface area contributed by atoms with Crippen LogP contribution in [0, 0.1) is 0 Å². The van der Waals surface area contributed by atoms with Crippen LogP contribution in [0.3, 0.4) is 0 Å². The van der Waals surface area contributed by atoms with Gasteiger partial charge >= 0.3 is 0 Å². The van der Waals surface area contributed by atoms with E-state index in [1.54, 1.807) is 30.5 Å². The van der Waals surface area contributed by atoms with Crippen LogP contribution in [0.1, 0.15) is 29.1 Å². The molecule has 3 heterocycles. The lowest BCUT2D eigenvalue weighted by atomic mass is 10.1. The van der Waals surface area contributed by atoms with Crippen LogP contribution in [0.2, 0.25) is 0 Å². The van der Waals surface area contributed by atoms with Crippen molar-refractivity contribution in [1.82, 2.24) is 14.8 Å². The van der Waals surface area contributed by atoms with E-state index < -0.39 is 0 Å². The second kappa shape index (κ2) is 6.51. The van der Waals surface area contributed by atoms with Crippen LogP contribution >= 0.6 is 0 Å². The van der Waals surface area contributed by atoms with Crippen molar-refractivity contribution in [2.24, 2.45) is 0 Å². The highest BCUT2D eigenvalue weighted by Crippen LogP contribution is 2.36. The van der Waals surface area contributed by atoms with Crippen molar-refractivity contribution >= 4 is 17.3 Å². The Morgan fingerprint density at radius 3 is 2.77 bits per heavy atom. The summed E-state index contributed by atoms with van der Waals surface area (Å²) in [4.78, 5) is 19.2. The first kappa shape index (κ1) is 16.1. The summed E-state index contributed by atoms with van der Waals surface area (Å²) in [5.41, 5.74) is 3.03. The fourth-order valence-corrected chi connectivity index (χ4v) is 3.20. The maximum atomic E-state index is 13.3. The molecule has 1 atom stereocenters. The molecule has 0 unspecified atom stereocenters. The molecule has 1 aromatic carbocycles. The Hall–Kier alpha value is -3.35. The lowest BCUT2D eigenvalue weighted by Gasteiger charge is -2.37. The van der Waals surface area contributed by atoms with Crippen LogP contribution in [-0.2, 0) is 6.54 Å². The third-order valence-corrected chi connectivity index (χ3v) is 4.46. The molecule has 1 amide bonds. The number of aromatic nitrogens is 3. The van der Waals surface area contributed by atoms with Crippen LogP contribution in [-0.4, -0.2) is 27.8 Å². The molecule has 0 saturated carbocycles. The van der Waals surface area contributed by atoms with E-state index in [-0.39, 0.29) is 12.1 Å². The minimum atomic E-state index is -0.380. The predicted molar refractivity (Wildman–Crippen MR) is 98.3 cm³/mol. The number of fused-ring (bicyclic) bond motifs is 1. The largest absolute Gasteiger partial charge is 0.481 e. The van der Waals surface area contributed by atoms with E-state index in [0.717, 1.165) is 11.4 Å². The summed E-state index contributed by atoms with van der Waals surface area (Å²) in [6, 6.07) is 13.0. The number of benzene rings is 1. The standard InChI is InChI=1S/C19H19N5O2/c1-3-23-16(10-11-21-23)18-22-15-7-5-4-6-14(15)19(25)24(18)13-8-9-17(26-2)20-12-13/h4-12,18,22H,3H2,1-2H3/t18-/m0/s1. The van der Waals surface area contributed by atoms with E-state index in [4.69, 9.17) is 4.74 Å². The van der Waals surface area contributed by atoms with Crippen molar-refractivity contribution in [1.29, 1.82) is 0 Å². The predicted octanol–water partition coefficient (Wildman–Crippen LogP) is 3.08. The lowest BCUT2D eigenvalue weighted by Crippen LogP contribution is -2.44. The maximum Gasteiger partial charge on any atom is 0.262 e. The van der Waals surface area contributed by atoms with Gasteiger partial charge in [0.15, 0.2) is 0 Å². The minimum absolute atomic E-state index is 0.0832. The topological polar surface area (TPSA) is 72.3 Å². The Labute approximate surface area is 151 Å². The summed E-state index contributed by atoms with van der Waals surface area (Å²) >= 11 is 0. The molecule has 2 aromatic heterocycles. The molecule has 0 spiro atoms. The van der Waals surface area contributed by atoms with Gasteiger partial charge in [-0.2, -0.15) is 5.10 Å². The molecule has 1 N–H and O–H groups in total. The van der Waals surface area contributed by atoms with Crippen molar-refractivity contribution < 1.29 is 9.53 Å². The highest BCUT2D eigenvalue weighted by molar-refractivity contribution is 6.12. The number of para-hydroxylation sites is 1.